The number of benzene rings is 2. The summed E-state index contributed by atoms with van der Waals surface area (Å²) in [5.74, 6) is 0.589. The quantitative estimate of drug-likeness (QED) is 0.506. The zero-order valence-corrected chi connectivity index (χ0v) is 15.6. The Morgan fingerprint density at radius 3 is 2.70 bits per heavy atom. The van der Waals surface area contributed by atoms with Gasteiger partial charge in [0.15, 0.2) is 0 Å². The van der Waals surface area contributed by atoms with Crippen LogP contribution in [-0.2, 0) is 0 Å². The van der Waals surface area contributed by atoms with Gasteiger partial charge >= 0.3 is 0 Å². The lowest BCUT2D eigenvalue weighted by molar-refractivity contribution is 1.05. The molecule has 4 aromatic rings. The second-order valence-electron chi connectivity index (χ2n) is 6.85. The molecular weight excluding hydrogens is 332 g/mol. The highest BCUT2D eigenvalue weighted by molar-refractivity contribution is 5.90. The molecule has 2 aromatic heterocycles. The maximum atomic E-state index is 9.71. The fourth-order valence-corrected chi connectivity index (χ4v) is 3.17. The van der Waals surface area contributed by atoms with Crippen LogP contribution in [0.4, 0.5) is 0 Å². The van der Waals surface area contributed by atoms with E-state index in [1.54, 1.807) is 0 Å². The number of aromatic nitrogens is 3. The summed E-state index contributed by atoms with van der Waals surface area (Å²) in [4.78, 5) is 7.84. The number of H-pyrrole nitrogens is 1. The third kappa shape index (κ3) is 3.16. The van der Waals surface area contributed by atoms with Crippen molar-refractivity contribution in [3.63, 3.8) is 0 Å². The Morgan fingerprint density at radius 2 is 1.93 bits per heavy atom. The largest absolute Gasteiger partial charge is 0.337 e. The van der Waals surface area contributed by atoms with Gasteiger partial charge < -0.3 is 9.55 Å². The third-order valence-electron chi connectivity index (χ3n) is 4.85. The van der Waals surface area contributed by atoms with Crippen LogP contribution in [-0.4, -0.2) is 14.5 Å². The number of aryl methyl sites for hydroxylation is 3. The van der Waals surface area contributed by atoms with E-state index in [9.17, 15) is 5.26 Å². The zero-order valence-electron chi connectivity index (χ0n) is 15.6. The van der Waals surface area contributed by atoms with Gasteiger partial charge in [-0.05, 0) is 79.9 Å². The molecule has 0 unspecified atom stereocenters. The number of nitriles is 1. The molecule has 0 bridgehead atoms. The first-order chi connectivity index (χ1) is 13.0. The molecule has 0 fully saturated rings. The van der Waals surface area contributed by atoms with Crippen LogP contribution in [0.2, 0.25) is 0 Å². The van der Waals surface area contributed by atoms with Crippen molar-refractivity contribution in [2.75, 3.05) is 0 Å². The minimum Gasteiger partial charge on any atom is -0.337 e. The van der Waals surface area contributed by atoms with E-state index in [1.807, 2.05) is 49.5 Å². The summed E-state index contributed by atoms with van der Waals surface area (Å²) >= 11 is 0. The second-order valence-corrected chi connectivity index (χ2v) is 6.85. The first-order valence-electron chi connectivity index (χ1n) is 8.88. The lowest BCUT2D eigenvalue weighted by atomic mass is 10.1. The average molecular weight is 352 g/mol. The van der Waals surface area contributed by atoms with Gasteiger partial charge in [0.05, 0.1) is 16.6 Å². The van der Waals surface area contributed by atoms with Crippen LogP contribution in [0, 0.1) is 32.1 Å². The SMILES string of the molecule is Cc1ccc2nc(/C(C#N)=C\c3cccn3-c3ccc(C)c(C)c3)[nH]c2c1. The Bertz CT molecular complexity index is 1210. The van der Waals surface area contributed by atoms with Crippen LogP contribution < -0.4 is 0 Å². The Labute approximate surface area is 158 Å². The van der Waals surface area contributed by atoms with Gasteiger partial charge in [-0.1, -0.05) is 12.1 Å². The smallest absolute Gasteiger partial charge is 0.149 e. The van der Waals surface area contributed by atoms with E-state index < -0.39 is 0 Å². The van der Waals surface area contributed by atoms with Gasteiger partial charge in [0, 0.05) is 17.6 Å². The topological polar surface area (TPSA) is 57.4 Å². The van der Waals surface area contributed by atoms with Crippen LogP contribution >= 0.6 is 0 Å². The summed E-state index contributed by atoms with van der Waals surface area (Å²) in [5, 5.41) is 9.71. The van der Waals surface area contributed by atoms with E-state index in [1.165, 1.54) is 11.1 Å². The number of hydrogen-bond acceptors (Lipinski definition) is 2. The minimum absolute atomic E-state index is 0.507. The van der Waals surface area contributed by atoms with E-state index >= 15 is 0 Å². The molecule has 132 valence electrons. The van der Waals surface area contributed by atoms with Gasteiger partial charge in [-0.3, -0.25) is 0 Å². The standard InChI is InChI=1S/C23H20N4/c1-15-6-9-21-22(11-15)26-23(25-21)18(14-24)13-19-5-4-10-27(19)20-8-7-16(2)17(3)12-20/h4-13H,1-3H3,(H,25,26)/b18-13-. The summed E-state index contributed by atoms with van der Waals surface area (Å²) in [7, 11) is 0. The summed E-state index contributed by atoms with van der Waals surface area (Å²) in [6, 6.07) is 18.7. The number of aromatic amines is 1. The van der Waals surface area contributed by atoms with E-state index in [0.29, 0.717) is 11.4 Å². The van der Waals surface area contributed by atoms with Gasteiger partial charge in [0.2, 0.25) is 0 Å². The molecule has 0 aliphatic rings. The molecule has 0 radical (unpaired) electrons. The van der Waals surface area contributed by atoms with E-state index in [4.69, 9.17) is 0 Å². The van der Waals surface area contributed by atoms with Crippen LogP contribution in [0.5, 0.6) is 0 Å². The fraction of sp³-hybridized carbons (Fsp3) is 0.130. The number of hydrogen-bond donors (Lipinski definition) is 1. The molecule has 1 N–H and O–H groups in total. The molecule has 0 atom stereocenters. The van der Waals surface area contributed by atoms with Crippen molar-refractivity contribution in [2.45, 2.75) is 20.8 Å². The summed E-state index contributed by atoms with van der Waals surface area (Å²) in [5.41, 5.74) is 7.98. The Kier molecular flexibility index (Phi) is 4.13. The molecular formula is C23H20N4. The monoisotopic (exact) mass is 352 g/mol. The number of rotatable bonds is 3. The molecule has 0 aliphatic carbocycles. The summed E-state index contributed by atoms with van der Waals surface area (Å²) in [6.45, 7) is 6.25. The van der Waals surface area contributed by atoms with Crippen LogP contribution in [0.15, 0.2) is 54.7 Å². The fourth-order valence-electron chi connectivity index (χ4n) is 3.17. The van der Waals surface area contributed by atoms with Gasteiger partial charge in [-0.25, -0.2) is 4.98 Å². The van der Waals surface area contributed by atoms with Crippen LogP contribution in [0.25, 0.3) is 28.4 Å². The van der Waals surface area contributed by atoms with Crippen LogP contribution in [0.1, 0.15) is 28.2 Å². The maximum Gasteiger partial charge on any atom is 0.149 e. The minimum atomic E-state index is 0.507. The number of imidazole rings is 1. The highest BCUT2D eigenvalue weighted by Gasteiger charge is 2.10. The Hall–Kier alpha value is -3.58. The van der Waals surface area contributed by atoms with Crippen molar-refractivity contribution in [1.82, 2.24) is 14.5 Å². The normalized spacial score (nSPS) is 11.7. The van der Waals surface area contributed by atoms with Crippen molar-refractivity contribution in [1.29, 1.82) is 5.26 Å². The molecule has 0 spiro atoms. The van der Waals surface area contributed by atoms with Gasteiger partial charge in [-0.2, -0.15) is 5.26 Å². The molecule has 27 heavy (non-hydrogen) atoms. The van der Waals surface area contributed by atoms with E-state index in [0.717, 1.165) is 28.0 Å². The van der Waals surface area contributed by atoms with Crippen molar-refractivity contribution >= 4 is 22.7 Å². The van der Waals surface area contributed by atoms with Crippen molar-refractivity contribution in [2.24, 2.45) is 0 Å². The first-order valence-corrected chi connectivity index (χ1v) is 8.88. The van der Waals surface area contributed by atoms with Gasteiger partial charge in [0.1, 0.15) is 11.9 Å². The molecule has 2 heterocycles. The third-order valence-corrected chi connectivity index (χ3v) is 4.85. The predicted molar refractivity (Wildman–Crippen MR) is 110 cm³/mol. The highest BCUT2D eigenvalue weighted by Crippen LogP contribution is 2.23. The summed E-state index contributed by atoms with van der Waals surface area (Å²) in [6.07, 6.45) is 3.88. The van der Waals surface area contributed by atoms with Gasteiger partial charge in [0.25, 0.3) is 0 Å². The Morgan fingerprint density at radius 1 is 1.07 bits per heavy atom. The van der Waals surface area contributed by atoms with Crippen molar-refractivity contribution in [3.05, 3.63) is 82.9 Å². The van der Waals surface area contributed by atoms with Crippen molar-refractivity contribution in [3.8, 4) is 11.8 Å². The molecule has 4 heteroatoms. The molecule has 0 saturated carbocycles. The van der Waals surface area contributed by atoms with Gasteiger partial charge in [-0.15, -0.1) is 0 Å². The molecule has 2 aromatic carbocycles. The number of nitrogens with zero attached hydrogens (tertiary/aromatic N) is 3. The second kappa shape index (κ2) is 6.62. The predicted octanol–water partition coefficient (Wildman–Crippen LogP) is 5.34. The first kappa shape index (κ1) is 16.9. The number of allylic oxidation sites excluding steroid dienone is 1. The number of fused-ring (bicyclic) bond motifs is 1. The van der Waals surface area contributed by atoms with E-state index in [2.05, 4.69) is 52.7 Å². The lowest BCUT2D eigenvalue weighted by Crippen LogP contribution is -1.97. The zero-order chi connectivity index (χ0) is 19.0. The molecule has 4 nitrogen and oxygen atoms in total. The Balaban J connectivity index is 1.78. The summed E-state index contributed by atoms with van der Waals surface area (Å²) < 4.78 is 2.08. The molecule has 0 saturated heterocycles. The lowest BCUT2D eigenvalue weighted by Gasteiger charge is -2.09. The molecule has 0 amide bonds. The number of nitrogens with one attached hydrogen (secondary N) is 1. The molecule has 4 rings (SSSR count). The van der Waals surface area contributed by atoms with E-state index in [-0.39, 0.29) is 0 Å². The van der Waals surface area contributed by atoms with Crippen LogP contribution in [0.3, 0.4) is 0 Å². The maximum absolute atomic E-state index is 9.71. The highest BCUT2D eigenvalue weighted by atomic mass is 15.0. The molecule has 0 aliphatic heterocycles. The average Bonchev–Trinajstić information content (AvgIpc) is 3.28. The van der Waals surface area contributed by atoms with Crippen molar-refractivity contribution < 1.29 is 0 Å².